The van der Waals surface area contributed by atoms with Gasteiger partial charge in [0.1, 0.15) is 0 Å². The van der Waals surface area contributed by atoms with E-state index in [1.165, 1.54) is 5.56 Å². The first kappa shape index (κ1) is 14.6. The van der Waals surface area contributed by atoms with Gasteiger partial charge < -0.3 is 9.47 Å². The molecule has 3 heteroatoms. The minimum absolute atomic E-state index is 0.150. The van der Waals surface area contributed by atoms with Gasteiger partial charge in [0.2, 0.25) is 0 Å². The molecule has 0 N–H and O–H groups in total. The summed E-state index contributed by atoms with van der Waals surface area (Å²) in [6.45, 7) is 7.24. The van der Waals surface area contributed by atoms with Crippen molar-refractivity contribution in [2.75, 3.05) is 20.8 Å². The van der Waals surface area contributed by atoms with Crippen LogP contribution in [0.15, 0.2) is 23.2 Å². The van der Waals surface area contributed by atoms with Crippen LogP contribution in [0, 0.1) is 5.41 Å². The molecular weight excluding hydrogens is 226 g/mol. The normalized spacial score (nSPS) is 11.8. The van der Waals surface area contributed by atoms with Crippen molar-refractivity contribution in [3.05, 3.63) is 23.8 Å². The van der Waals surface area contributed by atoms with Crippen molar-refractivity contribution < 1.29 is 9.47 Å². The largest absolute Gasteiger partial charge is 0.493 e. The maximum atomic E-state index is 5.27. The van der Waals surface area contributed by atoms with Crippen molar-refractivity contribution in [3.63, 3.8) is 0 Å². The molecule has 0 unspecified atom stereocenters. The van der Waals surface area contributed by atoms with Crippen molar-refractivity contribution in [3.8, 4) is 11.5 Å². The molecule has 0 spiro atoms. The topological polar surface area (TPSA) is 30.8 Å². The predicted molar refractivity (Wildman–Crippen MR) is 76.1 cm³/mol. The Bertz CT molecular complexity index is 405. The summed E-state index contributed by atoms with van der Waals surface area (Å²) in [6, 6.07) is 5.99. The Labute approximate surface area is 110 Å². The maximum absolute atomic E-state index is 5.27. The Morgan fingerprint density at radius 3 is 2.33 bits per heavy atom. The van der Waals surface area contributed by atoms with E-state index in [1.807, 2.05) is 24.4 Å². The molecule has 0 bridgehead atoms. The summed E-state index contributed by atoms with van der Waals surface area (Å²) in [6.07, 6.45) is 2.92. The van der Waals surface area contributed by atoms with E-state index in [-0.39, 0.29) is 5.41 Å². The van der Waals surface area contributed by atoms with E-state index in [2.05, 4.69) is 25.8 Å². The van der Waals surface area contributed by atoms with E-state index in [9.17, 15) is 0 Å². The van der Waals surface area contributed by atoms with Gasteiger partial charge in [0.15, 0.2) is 11.5 Å². The third-order valence-electron chi connectivity index (χ3n) is 2.46. The second-order valence-corrected chi connectivity index (χ2v) is 5.34. The first-order valence-electron chi connectivity index (χ1n) is 6.18. The number of methoxy groups -OCH3 is 2. The third-order valence-corrected chi connectivity index (χ3v) is 2.46. The Kier molecular flexibility index (Phi) is 5.20. The zero-order valence-electron chi connectivity index (χ0n) is 12.0. The molecule has 0 saturated heterocycles. The lowest BCUT2D eigenvalue weighted by Gasteiger charge is -2.10. The van der Waals surface area contributed by atoms with Crippen molar-refractivity contribution >= 4 is 6.21 Å². The molecule has 0 aromatic heterocycles. The summed E-state index contributed by atoms with van der Waals surface area (Å²) >= 11 is 0. The standard InChI is InChI=1S/C15H23NO2/c1-15(2,3)11-16-9-8-12-6-7-13(17-4)14(10-12)18-5/h6-7,10-11H,8-9H2,1-5H3. The molecule has 100 valence electrons. The van der Waals surface area contributed by atoms with Gasteiger partial charge in [-0.15, -0.1) is 0 Å². The molecule has 18 heavy (non-hydrogen) atoms. The molecule has 3 nitrogen and oxygen atoms in total. The summed E-state index contributed by atoms with van der Waals surface area (Å²) in [7, 11) is 3.30. The van der Waals surface area contributed by atoms with Gasteiger partial charge in [-0.3, -0.25) is 4.99 Å². The van der Waals surface area contributed by atoms with Crippen molar-refractivity contribution in [1.82, 2.24) is 0 Å². The average Bonchev–Trinajstić information content (AvgIpc) is 2.33. The molecule has 1 aromatic rings. The van der Waals surface area contributed by atoms with E-state index < -0.39 is 0 Å². The van der Waals surface area contributed by atoms with Crippen LogP contribution >= 0.6 is 0 Å². The van der Waals surface area contributed by atoms with E-state index in [0.29, 0.717) is 0 Å². The highest BCUT2D eigenvalue weighted by molar-refractivity contribution is 5.63. The van der Waals surface area contributed by atoms with Crippen molar-refractivity contribution in [2.45, 2.75) is 27.2 Å². The molecule has 1 aromatic carbocycles. The van der Waals surface area contributed by atoms with Crippen LogP contribution in [0.3, 0.4) is 0 Å². The molecule has 0 aliphatic heterocycles. The van der Waals surface area contributed by atoms with Gasteiger partial charge >= 0.3 is 0 Å². The van der Waals surface area contributed by atoms with Crippen LogP contribution in [0.4, 0.5) is 0 Å². The zero-order chi connectivity index (χ0) is 13.6. The molecule has 0 amide bonds. The quantitative estimate of drug-likeness (QED) is 0.749. The number of hydrogen-bond donors (Lipinski definition) is 0. The van der Waals surface area contributed by atoms with Crippen molar-refractivity contribution in [2.24, 2.45) is 10.4 Å². The Balaban J connectivity index is 2.61. The number of aliphatic imine (C=N–C) groups is 1. The van der Waals surface area contributed by atoms with Crippen LogP contribution in [0.25, 0.3) is 0 Å². The Morgan fingerprint density at radius 1 is 1.11 bits per heavy atom. The molecule has 0 saturated carbocycles. The fraction of sp³-hybridized carbons (Fsp3) is 0.533. The summed E-state index contributed by atoms with van der Waals surface area (Å²) < 4.78 is 10.5. The number of nitrogens with zero attached hydrogens (tertiary/aromatic N) is 1. The highest BCUT2D eigenvalue weighted by atomic mass is 16.5. The van der Waals surface area contributed by atoms with Gasteiger partial charge in [-0.1, -0.05) is 26.8 Å². The predicted octanol–water partition coefficient (Wildman–Crippen LogP) is 3.36. The van der Waals surface area contributed by atoms with Crippen LogP contribution in [0.5, 0.6) is 11.5 Å². The minimum Gasteiger partial charge on any atom is -0.493 e. The molecule has 0 atom stereocenters. The maximum Gasteiger partial charge on any atom is 0.160 e. The molecule has 1 rings (SSSR count). The fourth-order valence-electron chi connectivity index (χ4n) is 1.57. The Hall–Kier alpha value is -1.51. The van der Waals surface area contributed by atoms with Crippen LogP contribution in [-0.2, 0) is 6.42 Å². The summed E-state index contributed by atoms with van der Waals surface area (Å²) in [4.78, 5) is 4.44. The number of rotatable bonds is 5. The van der Waals surface area contributed by atoms with Gasteiger partial charge in [0.05, 0.1) is 14.2 Å². The molecule has 0 fully saturated rings. The smallest absolute Gasteiger partial charge is 0.160 e. The third kappa shape index (κ3) is 4.78. The van der Waals surface area contributed by atoms with Crippen LogP contribution in [-0.4, -0.2) is 27.0 Å². The van der Waals surface area contributed by atoms with Gasteiger partial charge in [0.25, 0.3) is 0 Å². The molecule has 0 radical (unpaired) electrons. The van der Waals surface area contributed by atoms with Crippen molar-refractivity contribution in [1.29, 1.82) is 0 Å². The van der Waals surface area contributed by atoms with E-state index in [1.54, 1.807) is 14.2 Å². The van der Waals surface area contributed by atoms with Gasteiger partial charge in [-0.25, -0.2) is 0 Å². The second-order valence-electron chi connectivity index (χ2n) is 5.34. The van der Waals surface area contributed by atoms with Crippen LogP contribution < -0.4 is 9.47 Å². The molecule has 0 aliphatic carbocycles. The number of hydrogen-bond acceptors (Lipinski definition) is 3. The van der Waals surface area contributed by atoms with E-state index >= 15 is 0 Å². The average molecular weight is 249 g/mol. The fourth-order valence-corrected chi connectivity index (χ4v) is 1.57. The van der Waals surface area contributed by atoms with Gasteiger partial charge in [-0.2, -0.15) is 0 Å². The minimum atomic E-state index is 0.150. The van der Waals surface area contributed by atoms with Crippen LogP contribution in [0.1, 0.15) is 26.3 Å². The number of benzene rings is 1. The lowest BCUT2D eigenvalue weighted by atomic mass is 9.99. The monoisotopic (exact) mass is 249 g/mol. The van der Waals surface area contributed by atoms with E-state index in [4.69, 9.17) is 9.47 Å². The summed E-state index contributed by atoms with van der Waals surface area (Å²) in [5, 5.41) is 0. The molecular formula is C15H23NO2. The lowest BCUT2D eigenvalue weighted by Crippen LogP contribution is -2.06. The summed E-state index contributed by atoms with van der Waals surface area (Å²) in [5.41, 5.74) is 1.36. The van der Waals surface area contributed by atoms with Crippen LogP contribution in [0.2, 0.25) is 0 Å². The molecule has 0 aliphatic rings. The SMILES string of the molecule is COc1ccc(CCN=CC(C)(C)C)cc1OC. The molecule has 0 heterocycles. The highest BCUT2D eigenvalue weighted by Gasteiger charge is 2.05. The van der Waals surface area contributed by atoms with E-state index in [0.717, 1.165) is 24.5 Å². The number of ether oxygens (including phenoxy) is 2. The lowest BCUT2D eigenvalue weighted by molar-refractivity contribution is 0.354. The first-order chi connectivity index (χ1) is 8.46. The van der Waals surface area contributed by atoms with Gasteiger partial charge in [-0.05, 0) is 29.5 Å². The second kappa shape index (κ2) is 6.43. The summed E-state index contributed by atoms with van der Waals surface area (Å²) in [5.74, 6) is 1.54. The highest BCUT2D eigenvalue weighted by Crippen LogP contribution is 2.27. The first-order valence-corrected chi connectivity index (χ1v) is 6.18. The zero-order valence-corrected chi connectivity index (χ0v) is 12.0. The Morgan fingerprint density at radius 2 is 1.78 bits per heavy atom. The van der Waals surface area contributed by atoms with Gasteiger partial charge in [0, 0.05) is 12.8 Å².